The molecule has 2 aromatic heterocycles. The number of hydrogen-bond donors (Lipinski definition) is 1. The van der Waals surface area contributed by atoms with Crippen LogP contribution in [0.25, 0.3) is 10.7 Å². The third-order valence-corrected chi connectivity index (χ3v) is 4.64. The van der Waals surface area contributed by atoms with Crippen LogP contribution in [0, 0.1) is 0 Å². The lowest BCUT2D eigenvalue weighted by Gasteiger charge is -2.22. The van der Waals surface area contributed by atoms with Crippen LogP contribution in [0.2, 0.25) is 0 Å². The van der Waals surface area contributed by atoms with E-state index in [0.29, 0.717) is 16.4 Å². The molecule has 0 unspecified atom stereocenters. The van der Waals surface area contributed by atoms with E-state index in [1.165, 1.54) is 11.3 Å². The molecule has 1 N–H and O–H groups in total. The van der Waals surface area contributed by atoms with Gasteiger partial charge in [-0.25, -0.2) is 24.4 Å². The van der Waals surface area contributed by atoms with E-state index in [9.17, 15) is 14.4 Å². The zero-order chi connectivity index (χ0) is 23.2. The van der Waals surface area contributed by atoms with E-state index in [0.717, 1.165) is 0 Å². The second-order valence-corrected chi connectivity index (χ2v) is 8.33. The molecule has 9 nitrogen and oxygen atoms in total. The van der Waals surface area contributed by atoms with Crippen LogP contribution in [0.4, 0.5) is 4.79 Å². The van der Waals surface area contributed by atoms with E-state index in [1.54, 1.807) is 59.1 Å². The highest BCUT2D eigenvalue weighted by atomic mass is 32.1. The van der Waals surface area contributed by atoms with Crippen molar-refractivity contribution in [3.63, 3.8) is 0 Å². The number of hydrogen-bond acceptors (Lipinski definition) is 9. The Labute approximate surface area is 185 Å². The van der Waals surface area contributed by atoms with Crippen molar-refractivity contribution in [2.75, 3.05) is 13.2 Å². The molecule has 0 aliphatic heterocycles. The van der Waals surface area contributed by atoms with Gasteiger partial charge in [0.25, 0.3) is 0 Å². The van der Waals surface area contributed by atoms with Gasteiger partial charge in [0.05, 0.1) is 36.2 Å². The fraction of sp³-hybridized carbons (Fsp3) is 0.476. The second-order valence-electron chi connectivity index (χ2n) is 7.48. The van der Waals surface area contributed by atoms with Crippen molar-refractivity contribution in [3.05, 3.63) is 34.5 Å². The van der Waals surface area contributed by atoms with Gasteiger partial charge >= 0.3 is 18.0 Å². The molecule has 31 heavy (non-hydrogen) atoms. The molecule has 2 heterocycles. The average Bonchev–Trinajstić information content (AvgIpc) is 3.16. The van der Waals surface area contributed by atoms with Gasteiger partial charge in [-0.3, -0.25) is 0 Å². The van der Waals surface area contributed by atoms with Gasteiger partial charge in [-0.05, 0) is 53.7 Å². The number of pyridine rings is 1. The van der Waals surface area contributed by atoms with Crippen molar-refractivity contribution in [1.82, 2.24) is 15.3 Å². The molecule has 1 atom stereocenters. The van der Waals surface area contributed by atoms with Crippen molar-refractivity contribution >= 4 is 29.4 Å². The van der Waals surface area contributed by atoms with Crippen molar-refractivity contribution in [2.45, 2.75) is 53.2 Å². The molecule has 0 aromatic carbocycles. The first-order valence-electron chi connectivity index (χ1n) is 9.86. The maximum absolute atomic E-state index is 12.4. The van der Waals surface area contributed by atoms with Crippen molar-refractivity contribution < 1.29 is 28.6 Å². The Hall–Kier alpha value is -3.01. The summed E-state index contributed by atoms with van der Waals surface area (Å²) in [4.78, 5) is 45.3. The fourth-order valence-corrected chi connectivity index (χ4v) is 3.31. The Morgan fingerprint density at radius 3 is 2.32 bits per heavy atom. The lowest BCUT2D eigenvalue weighted by molar-refractivity contribution is 0.0488. The van der Waals surface area contributed by atoms with Crippen LogP contribution in [0.1, 0.15) is 74.1 Å². The Bertz CT molecular complexity index is 951. The monoisotopic (exact) mass is 449 g/mol. The van der Waals surface area contributed by atoms with Gasteiger partial charge < -0.3 is 19.5 Å². The molecule has 168 valence electrons. The van der Waals surface area contributed by atoms with Crippen molar-refractivity contribution in [2.24, 2.45) is 0 Å². The summed E-state index contributed by atoms with van der Waals surface area (Å²) in [6, 6.07) is 2.52. The first kappa shape index (κ1) is 24.3. The summed E-state index contributed by atoms with van der Waals surface area (Å²) >= 11 is 1.22. The maximum Gasteiger partial charge on any atom is 0.408 e. The first-order chi connectivity index (χ1) is 14.6. The highest BCUT2D eigenvalue weighted by Crippen LogP contribution is 2.26. The Balaban J connectivity index is 2.38. The van der Waals surface area contributed by atoms with E-state index < -0.39 is 29.7 Å². The van der Waals surface area contributed by atoms with Crippen LogP contribution in [0.5, 0.6) is 0 Å². The van der Waals surface area contributed by atoms with Gasteiger partial charge in [0.15, 0.2) is 5.69 Å². The van der Waals surface area contributed by atoms with Crippen LogP contribution in [0.3, 0.4) is 0 Å². The molecule has 0 saturated heterocycles. The highest BCUT2D eigenvalue weighted by molar-refractivity contribution is 7.13. The number of carbonyl (C=O) groups excluding carboxylic acids is 3. The molecule has 0 bridgehead atoms. The minimum Gasteiger partial charge on any atom is -0.462 e. The molecular formula is C21H27N3O6S. The molecule has 10 heteroatoms. The average molecular weight is 450 g/mol. The number of amides is 1. The molecule has 0 spiro atoms. The highest BCUT2D eigenvalue weighted by Gasteiger charge is 2.24. The van der Waals surface area contributed by atoms with Crippen LogP contribution in [-0.2, 0) is 14.2 Å². The molecule has 0 aliphatic rings. The van der Waals surface area contributed by atoms with E-state index in [2.05, 4.69) is 15.3 Å². The Morgan fingerprint density at radius 1 is 1.06 bits per heavy atom. The van der Waals surface area contributed by atoms with E-state index in [1.807, 2.05) is 0 Å². The van der Waals surface area contributed by atoms with Crippen LogP contribution >= 0.6 is 11.3 Å². The quantitative estimate of drug-likeness (QED) is 0.495. The number of carbonyl (C=O) groups is 3. The minimum absolute atomic E-state index is 0.180. The second kappa shape index (κ2) is 10.3. The molecule has 0 saturated carbocycles. The van der Waals surface area contributed by atoms with Gasteiger partial charge in [0, 0.05) is 5.38 Å². The SMILES string of the molecule is CCOC(=O)c1csc(-c2ccc(C(=O)OCC)c([C@@H](C)NC(=O)OC(C)(C)C)n2)n1. The summed E-state index contributed by atoms with van der Waals surface area (Å²) in [6.45, 7) is 10.8. The van der Waals surface area contributed by atoms with Crippen molar-refractivity contribution in [3.8, 4) is 10.7 Å². The maximum atomic E-state index is 12.4. The minimum atomic E-state index is -0.673. The number of esters is 2. The third-order valence-electron chi connectivity index (χ3n) is 3.77. The normalized spacial score (nSPS) is 12.1. The number of rotatable bonds is 7. The predicted octanol–water partition coefficient (Wildman–Crippen LogP) is 4.14. The van der Waals surface area contributed by atoms with Crippen LogP contribution in [0.15, 0.2) is 17.5 Å². The number of alkyl carbamates (subject to hydrolysis) is 1. The fourth-order valence-electron chi connectivity index (χ4n) is 2.55. The topological polar surface area (TPSA) is 117 Å². The van der Waals surface area contributed by atoms with Crippen LogP contribution in [-0.4, -0.2) is 46.8 Å². The summed E-state index contributed by atoms with van der Waals surface area (Å²) in [6.07, 6.45) is -0.638. The van der Waals surface area contributed by atoms with E-state index in [4.69, 9.17) is 14.2 Å². The molecule has 0 fully saturated rings. The molecule has 2 rings (SSSR count). The lowest BCUT2D eigenvalue weighted by atomic mass is 10.1. The molecule has 2 aromatic rings. The van der Waals surface area contributed by atoms with Gasteiger partial charge in [0.2, 0.25) is 0 Å². The van der Waals surface area contributed by atoms with Gasteiger partial charge in [-0.1, -0.05) is 0 Å². The summed E-state index contributed by atoms with van der Waals surface area (Å²) in [7, 11) is 0. The largest absolute Gasteiger partial charge is 0.462 e. The molecule has 0 aliphatic carbocycles. The van der Waals surface area contributed by atoms with E-state index in [-0.39, 0.29) is 24.5 Å². The first-order valence-corrected chi connectivity index (χ1v) is 10.7. The number of nitrogens with zero attached hydrogens (tertiary/aromatic N) is 2. The number of ether oxygens (including phenoxy) is 3. The smallest absolute Gasteiger partial charge is 0.408 e. The molecule has 1 amide bonds. The van der Waals surface area contributed by atoms with Crippen molar-refractivity contribution in [1.29, 1.82) is 0 Å². The summed E-state index contributed by atoms with van der Waals surface area (Å²) in [5.41, 5.74) is 0.472. The summed E-state index contributed by atoms with van der Waals surface area (Å²) < 4.78 is 15.4. The Kier molecular flexibility index (Phi) is 8.09. The number of aromatic nitrogens is 2. The molecular weight excluding hydrogens is 422 g/mol. The third kappa shape index (κ3) is 6.74. The zero-order valence-corrected chi connectivity index (χ0v) is 19.3. The van der Waals surface area contributed by atoms with Gasteiger partial charge in [-0.15, -0.1) is 11.3 Å². The predicted molar refractivity (Wildman–Crippen MR) is 115 cm³/mol. The summed E-state index contributed by atoms with van der Waals surface area (Å²) in [5.74, 6) is -1.07. The summed E-state index contributed by atoms with van der Waals surface area (Å²) in [5, 5.41) is 4.74. The standard InChI is InChI=1S/C21H27N3O6S/c1-7-28-18(25)13-9-10-14(17-24-15(11-31-17)19(26)29-8-2)23-16(13)12(3)22-20(27)30-21(4,5)6/h9-12H,7-8H2,1-6H3,(H,22,27)/t12-/m1/s1. The van der Waals surface area contributed by atoms with E-state index >= 15 is 0 Å². The van der Waals surface area contributed by atoms with Crippen LogP contribution < -0.4 is 5.32 Å². The molecule has 0 radical (unpaired) electrons. The Morgan fingerprint density at radius 2 is 1.71 bits per heavy atom. The van der Waals surface area contributed by atoms with Gasteiger partial charge in [0.1, 0.15) is 10.6 Å². The zero-order valence-electron chi connectivity index (χ0n) is 18.5. The van der Waals surface area contributed by atoms with Gasteiger partial charge in [-0.2, -0.15) is 0 Å². The lowest BCUT2D eigenvalue weighted by Crippen LogP contribution is -2.35. The number of nitrogens with one attached hydrogen (secondary N) is 1. The number of thiazole rings is 1.